The topological polar surface area (TPSA) is 49.8 Å². The van der Waals surface area contributed by atoms with E-state index >= 15 is 0 Å². The lowest BCUT2D eigenvalue weighted by Crippen LogP contribution is -2.29. The van der Waals surface area contributed by atoms with Crippen LogP contribution in [-0.4, -0.2) is 35.3 Å². The molecule has 0 radical (unpaired) electrons. The second-order valence-corrected chi connectivity index (χ2v) is 3.57. The maximum Gasteiger partial charge on any atom is 0.407 e. The lowest BCUT2D eigenvalue weighted by molar-refractivity contribution is 0.145. The molecule has 1 fully saturated rings. The van der Waals surface area contributed by atoms with Gasteiger partial charge in [-0.05, 0) is 12.1 Å². The van der Waals surface area contributed by atoms with Crippen LogP contribution in [0.15, 0.2) is 30.3 Å². The SMILES string of the molecule is O=C(O)N1CC[C@@H](Oc2ccccc2)C1. The molecule has 1 N–H and O–H groups in total. The molecule has 0 aromatic heterocycles. The van der Waals surface area contributed by atoms with Gasteiger partial charge in [-0.2, -0.15) is 0 Å². The molecule has 4 heteroatoms. The quantitative estimate of drug-likeness (QED) is 0.804. The zero-order valence-electron chi connectivity index (χ0n) is 8.30. The van der Waals surface area contributed by atoms with Crippen molar-refractivity contribution in [2.24, 2.45) is 0 Å². The van der Waals surface area contributed by atoms with Crippen LogP contribution < -0.4 is 4.74 Å². The Kier molecular flexibility index (Phi) is 2.76. The Morgan fingerprint density at radius 2 is 2.13 bits per heavy atom. The summed E-state index contributed by atoms with van der Waals surface area (Å²) < 4.78 is 5.65. The van der Waals surface area contributed by atoms with Crippen LogP contribution in [0.4, 0.5) is 4.79 Å². The molecule has 15 heavy (non-hydrogen) atoms. The normalized spacial score (nSPS) is 20.3. The monoisotopic (exact) mass is 207 g/mol. The molecule has 0 bridgehead atoms. The summed E-state index contributed by atoms with van der Waals surface area (Å²) in [5.74, 6) is 0.801. The number of para-hydroxylation sites is 1. The smallest absolute Gasteiger partial charge is 0.407 e. The number of carbonyl (C=O) groups is 1. The Morgan fingerprint density at radius 1 is 1.40 bits per heavy atom. The van der Waals surface area contributed by atoms with E-state index in [0.717, 1.165) is 12.2 Å². The third-order valence-corrected chi connectivity index (χ3v) is 2.46. The van der Waals surface area contributed by atoms with Crippen molar-refractivity contribution in [1.29, 1.82) is 0 Å². The molecule has 0 spiro atoms. The number of carboxylic acid groups (broad SMARTS) is 1. The fourth-order valence-corrected chi connectivity index (χ4v) is 1.69. The third-order valence-electron chi connectivity index (χ3n) is 2.46. The molecule has 1 atom stereocenters. The van der Waals surface area contributed by atoms with Gasteiger partial charge < -0.3 is 14.7 Å². The number of likely N-dealkylation sites (tertiary alicyclic amines) is 1. The van der Waals surface area contributed by atoms with E-state index in [-0.39, 0.29) is 6.10 Å². The van der Waals surface area contributed by atoms with E-state index in [9.17, 15) is 4.79 Å². The van der Waals surface area contributed by atoms with Crippen LogP contribution in [0.3, 0.4) is 0 Å². The van der Waals surface area contributed by atoms with Crippen LogP contribution >= 0.6 is 0 Å². The van der Waals surface area contributed by atoms with Crippen molar-refractivity contribution in [1.82, 2.24) is 4.90 Å². The Balaban J connectivity index is 1.90. The van der Waals surface area contributed by atoms with Crippen LogP contribution in [0.25, 0.3) is 0 Å². The molecule has 0 saturated carbocycles. The molecule has 1 amide bonds. The van der Waals surface area contributed by atoms with Gasteiger partial charge in [-0.25, -0.2) is 4.79 Å². The summed E-state index contributed by atoms with van der Waals surface area (Å²) in [4.78, 5) is 12.1. The van der Waals surface area contributed by atoms with Gasteiger partial charge in [-0.15, -0.1) is 0 Å². The fraction of sp³-hybridized carbons (Fsp3) is 0.364. The van der Waals surface area contributed by atoms with Crippen molar-refractivity contribution in [3.05, 3.63) is 30.3 Å². The zero-order valence-corrected chi connectivity index (χ0v) is 8.30. The van der Waals surface area contributed by atoms with Gasteiger partial charge in [0.1, 0.15) is 11.9 Å². The molecule has 2 rings (SSSR count). The first-order valence-electron chi connectivity index (χ1n) is 4.95. The van der Waals surface area contributed by atoms with Gasteiger partial charge >= 0.3 is 6.09 Å². The molecular formula is C11H13NO3. The number of amides is 1. The van der Waals surface area contributed by atoms with E-state index in [4.69, 9.17) is 9.84 Å². The Bertz CT molecular complexity index is 339. The van der Waals surface area contributed by atoms with Crippen LogP contribution in [-0.2, 0) is 0 Å². The summed E-state index contributed by atoms with van der Waals surface area (Å²) in [7, 11) is 0. The van der Waals surface area contributed by atoms with Crippen molar-refractivity contribution in [3.63, 3.8) is 0 Å². The highest BCUT2D eigenvalue weighted by Gasteiger charge is 2.26. The van der Waals surface area contributed by atoms with E-state index in [1.165, 1.54) is 4.90 Å². The number of rotatable bonds is 2. The molecular weight excluding hydrogens is 194 g/mol. The minimum absolute atomic E-state index is 0.0106. The maximum absolute atomic E-state index is 10.7. The average Bonchev–Trinajstić information content (AvgIpc) is 2.68. The lowest BCUT2D eigenvalue weighted by Gasteiger charge is -2.14. The highest BCUT2D eigenvalue weighted by molar-refractivity contribution is 5.65. The van der Waals surface area contributed by atoms with E-state index in [1.54, 1.807) is 0 Å². The third kappa shape index (κ3) is 2.40. The first kappa shape index (κ1) is 9.83. The highest BCUT2D eigenvalue weighted by atomic mass is 16.5. The zero-order chi connectivity index (χ0) is 10.7. The molecule has 0 unspecified atom stereocenters. The first-order valence-corrected chi connectivity index (χ1v) is 4.95. The molecule has 1 aliphatic rings. The van der Waals surface area contributed by atoms with E-state index in [2.05, 4.69) is 0 Å². The van der Waals surface area contributed by atoms with Crippen molar-refractivity contribution in [3.8, 4) is 5.75 Å². The summed E-state index contributed by atoms with van der Waals surface area (Å²) in [6, 6.07) is 9.48. The summed E-state index contributed by atoms with van der Waals surface area (Å²) in [6.45, 7) is 1.02. The second-order valence-electron chi connectivity index (χ2n) is 3.57. The summed E-state index contributed by atoms with van der Waals surface area (Å²) >= 11 is 0. The number of hydrogen-bond donors (Lipinski definition) is 1. The maximum atomic E-state index is 10.7. The number of nitrogens with zero attached hydrogens (tertiary/aromatic N) is 1. The predicted octanol–water partition coefficient (Wildman–Crippen LogP) is 1.82. The summed E-state index contributed by atoms with van der Waals surface area (Å²) in [5.41, 5.74) is 0. The average molecular weight is 207 g/mol. The van der Waals surface area contributed by atoms with Gasteiger partial charge in [0.05, 0.1) is 6.54 Å². The number of hydrogen-bond acceptors (Lipinski definition) is 2. The Labute approximate surface area is 88.1 Å². The van der Waals surface area contributed by atoms with Gasteiger partial charge in [-0.1, -0.05) is 18.2 Å². The van der Waals surface area contributed by atoms with E-state index in [0.29, 0.717) is 13.1 Å². The molecule has 1 aromatic carbocycles. The summed E-state index contributed by atoms with van der Waals surface area (Å²) in [5, 5.41) is 8.77. The van der Waals surface area contributed by atoms with Gasteiger partial charge in [0.25, 0.3) is 0 Å². The highest BCUT2D eigenvalue weighted by Crippen LogP contribution is 2.17. The van der Waals surface area contributed by atoms with Crippen molar-refractivity contribution in [2.75, 3.05) is 13.1 Å². The van der Waals surface area contributed by atoms with Crippen LogP contribution in [0.1, 0.15) is 6.42 Å². The number of benzene rings is 1. The number of ether oxygens (including phenoxy) is 1. The Hall–Kier alpha value is -1.71. The van der Waals surface area contributed by atoms with Crippen molar-refractivity contribution >= 4 is 6.09 Å². The predicted molar refractivity (Wildman–Crippen MR) is 55.1 cm³/mol. The summed E-state index contributed by atoms with van der Waals surface area (Å²) in [6.07, 6.45) is -0.112. The minimum Gasteiger partial charge on any atom is -0.489 e. The van der Waals surface area contributed by atoms with E-state index in [1.807, 2.05) is 30.3 Å². The standard InChI is InChI=1S/C11H13NO3/c13-11(14)12-7-6-10(8-12)15-9-4-2-1-3-5-9/h1-5,10H,6-8H2,(H,13,14)/t10-/m1/s1. The molecule has 1 saturated heterocycles. The van der Waals surface area contributed by atoms with E-state index < -0.39 is 6.09 Å². The van der Waals surface area contributed by atoms with Gasteiger partial charge in [-0.3, -0.25) is 0 Å². The molecule has 0 aliphatic carbocycles. The fourth-order valence-electron chi connectivity index (χ4n) is 1.69. The molecule has 80 valence electrons. The second kappa shape index (κ2) is 4.21. The minimum atomic E-state index is -0.867. The molecule has 4 nitrogen and oxygen atoms in total. The van der Waals surface area contributed by atoms with Gasteiger partial charge in [0.2, 0.25) is 0 Å². The Morgan fingerprint density at radius 3 is 2.73 bits per heavy atom. The molecule has 1 aliphatic heterocycles. The molecule has 1 aromatic rings. The van der Waals surface area contributed by atoms with Crippen LogP contribution in [0.2, 0.25) is 0 Å². The van der Waals surface area contributed by atoms with Crippen molar-refractivity contribution < 1.29 is 14.6 Å². The largest absolute Gasteiger partial charge is 0.489 e. The van der Waals surface area contributed by atoms with Crippen molar-refractivity contribution in [2.45, 2.75) is 12.5 Å². The first-order chi connectivity index (χ1) is 7.25. The van der Waals surface area contributed by atoms with Crippen LogP contribution in [0, 0.1) is 0 Å². The lowest BCUT2D eigenvalue weighted by atomic mass is 10.3. The van der Waals surface area contributed by atoms with Crippen LogP contribution in [0.5, 0.6) is 5.75 Å². The van der Waals surface area contributed by atoms with Gasteiger partial charge in [0, 0.05) is 13.0 Å². The van der Waals surface area contributed by atoms with Gasteiger partial charge in [0.15, 0.2) is 0 Å². The molecule has 1 heterocycles.